The Labute approximate surface area is 175 Å². The SMILES string of the molecule is COc1ccc(C)cc1S(=O)(=O)N1CCCC(Cc2nc(-c3cnccn3)no2)C1. The largest absolute Gasteiger partial charge is 0.495 e. The van der Waals surface area contributed by atoms with E-state index in [0.717, 1.165) is 18.4 Å². The monoisotopic (exact) mass is 429 g/mol. The van der Waals surface area contributed by atoms with Crippen LogP contribution in [0.3, 0.4) is 0 Å². The van der Waals surface area contributed by atoms with Crippen LogP contribution in [-0.2, 0) is 16.4 Å². The fourth-order valence-electron chi connectivity index (χ4n) is 3.64. The van der Waals surface area contributed by atoms with E-state index in [1.807, 2.05) is 13.0 Å². The Morgan fingerprint density at radius 1 is 1.30 bits per heavy atom. The normalized spacial score (nSPS) is 17.7. The number of hydrogen-bond donors (Lipinski definition) is 0. The molecule has 0 aliphatic carbocycles. The van der Waals surface area contributed by atoms with Gasteiger partial charge in [0.15, 0.2) is 0 Å². The Morgan fingerprint density at radius 2 is 2.17 bits per heavy atom. The van der Waals surface area contributed by atoms with Crippen molar-refractivity contribution >= 4 is 10.0 Å². The quantitative estimate of drug-likeness (QED) is 0.588. The lowest BCUT2D eigenvalue weighted by atomic mass is 9.96. The van der Waals surface area contributed by atoms with E-state index >= 15 is 0 Å². The van der Waals surface area contributed by atoms with Gasteiger partial charge in [-0.05, 0) is 43.4 Å². The van der Waals surface area contributed by atoms with E-state index in [-0.39, 0.29) is 10.8 Å². The first-order chi connectivity index (χ1) is 14.5. The van der Waals surface area contributed by atoms with Gasteiger partial charge in [-0.1, -0.05) is 11.2 Å². The lowest BCUT2D eigenvalue weighted by molar-refractivity contribution is 0.246. The Morgan fingerprint density at radius 3 is 2.93 bits per heavy atom. The molecule has 0 saturated carbocycles. The first-order valence-electron chi connectivity index (χ1n) is 9.71. The van der Waals surface area contributed by atoms with Gasteiger partial charge in [0.25, 0.3) is 0 Å². The number of benzene rings is 1. The van der Waals surface area contributed by atoms with Gasteiger partial charge in [-0.3, -0.25) is 4.98 Å². The number of piperidine rings is 1. The molecular weight excluding hydrogens is 406 g/mol. The fraction of sp³-hybridized carbons (Fsp3) is 0.400. The summed E-state index contributed by atoms with van der Waals surface area (Å²) >= 11 is 0. The fourth-order valence-corrected chi connectivity index (χ4v) is 5.43. The predicted octanol–water partition coefficient (Wildman–Crippen LogP) is 2.49. The van der Waals surface area contributed by atoms with Crippen molar-refractivity contribution in [1.82, 2.24) is 24.4 Å². The van der Waals surface area contributed by atoms with E-state index in [1.54, 1.807) is 30.7 Å². The average Bonchev–Trinajstić information content (AvgIpc) is 3.23. The van der Waals surface area contributed by atoms with Crippen LogP contribution in [0.1, 0.15) is 24.3 Å². The summed E-state index contributed by atoms with van der Waals surface area (Å²) in [6, 6.07) is 5.18. The standard InChI is InChI=1S/C20H23N5O4S/c1-14-5-6-17(28-2)18(10-14)30(26,27)25-9-3-4-15(13-25)11-19-23-20(24-29-19)16-12-21-7-8-22-16/h5-8,10,12,15H,3-4,9,11,13H2,1-2H3. The second-order valence-electron chi connectivity index (χ2n) is 7.33. The molecule has 0 bridgehead atoms. The third-order valence-electron chi connectivity index (χ3n) is 5.14. The number of aromatic nitrogens is 4. The van der Waals surface area contributed by atoms with E-state index in [2.05, 4.69) is 20.1 Å². The number of methoxy groups -OCH3 is 1. The van der Waals surface area contributed by atoms with Crippen molar-refractivity contribution in [2.24, 2.45) is 5.92 Å². The smallest absolute Gasteiger partial charge is 0.246 e. The number of aryl methyl sites for hydroxylation is 1. The second-order valence-corrected chi connectivity index (χ2v) is 9.24. The highest BCUT2D eigenvalue weighted by Crippen LogP contribution is 2.31. The molecule has 1 fully saturated rings. The summed E-state index contributed by atoms with van der Waals surface area (Å²) in [5, 5.41) is 3.96. The van der Waals surface area contributed by atoms with Crippen molar-refractivity contribution in [3.63, 3.8) is 0 Å². The third kappa shape index (κ3) is 4.19. The summed E-state index contributed by atoms with van der Waals surface area (Å²) in [7, 11) is -2.19. The van der Waals surface area contributed by atoms with Gasteiger partial charge in [0.1, 0.15) is 16.3 Å². The molecule has 0 N–H and O–H groups in total. The van der Waals surface area contributed by atoms with Gasteiger partial charge in [0, 0.05) is 31.9 Å². The summed E-state index contributed by atoms with van der Waals surface area (Å²) in [5.74, 6) is 1.28. The van der Waals surface area contributed by atoms with Crippen LogP contribution >= 0.6 is 0 Å². The molecule has 4 rings (SSSR count). The molecule has 1 aliphatic heterocycles. The molecule has 2 aromatic heterocycles. The molecule has 1 saturated heterocycles. The minimum atomic E-state index is -3.67. The molecule has 0 spiro atoms. The highest BCUT2D eigenvalue weighted by Gasteiger charge is 2.33. The highest BCUT2D eigenvalue weighted by atomic mass is 32.2. The topological polar surface area (TPSA) is 111 Å². The molecule has 0 amide bonds. The van der Waals surface area contributed by atoms with Crippen LogP contribution in [0, 0.1) is 12.8 Å². The van der Waals surface area contributed by atoms with E-state index < -0.39 is 10.0 Å². The summed E-state index contributed by atoms with van der Waals surface area (Å²) in [5.41, 5.74) is 1.40. The van der Waals surface area contributed by atoms with Crippen LogP contribution in [0.2, 0.25) is 0 Å². The average molecular weight is 430 g/mol. The van der Waals surface area contributed by atoms with E-state index in [1.165, 1.54) is 11.4 Å². The zero-order valence-corrected chi connectivity index (χ0v) is 17.7. The molecule has 1 unspecified atom stereocenters. The van der Waals surface area contributed by atoms with Gasteiger partial charge < -0.3 is 9.26 Å². The second kappa shape index (κ2) is 8.49. The first-order valence-corrected chi connectivity index (χ1v) is 11.1. The Hall–Kier alpha value is -2.85. The molecule has 1 atom stereocenters. The lowest BCUT2D eigenvalue weighted by Gasteiger charge is -2.31. The molecule has 9 nitrogen and oxygen atoms in total. The number of nitrogens with zero attached hydrogens (tertiary/aromatic N) is 5. The molecule has 1 aromatic carbocycles. The summed E-state index contributed by atoms with van der Waals surface area (Å²) in [4.78, 5) is 12.8. The molecule has 3 aromatic rings. The van der Waals surface area contributed by atoms with Gasteiger partial charge >= 0.3 is 0 Å². The third-order valence-corrected chi connectivity index (χ3v) is 7.03. The van der Waals surface area contributed by atoms with E-state index in [0.29, 0.717) is 42.7 Å². The summed E-state index contributed by atoms with van der Waals surface area (Å²) in [6.07, 6.45) is 6.87. The minimum Gasteiger partial charge on any atom is -0.495 e. The van der Waals surface area contributed by atoms with Crippen molar-refractivity contribution in [2.45, 2.75) is 31.1 Å². The van der Waals surface area contributed by atoms with E-state index in [4.69, 9.17) is 9.26 Å². The summed E-state index contributed by atoms with van der Waals surface area (Å²) in [6.45, 7) is 2.73. The van der Waals surface area contributed by atoms with Gasteiger partial charge in [-0.25, -0.2) is 13.4 Å². The number of rotatable bonds is 6. The van der Waals surface area contributed by atoms with Crippen LogP contribution in [0.15, 0.2) is 46.2 Å². The maximum Gasteiger partial charge on any atom is 0.246 e. The molecule has 158 valence electrons. The Balaban J connectivity index is 1.50. The zero-order chi connectivity index (χ0) is 21.1. The van der Waals surface area contributed by atoms with Gasteiger partial charge in [-0.15, -0.1) is 0 Å². The number of ether oxygens (including phenoxy) is 1. The summed E-state index contributed by atoms with van der Waals surface area (Å²) < 4.78 is 38.8. The maximum atomic E-state index is 13.3. The molecule has 30 heavy (non-hydrogen) atoms. The number of hydrogen-bond acceptors (Lipinski definition) is 8. The van der Waals surface area contributed by atoms with Crippen molar-refractivity contribution in [3.8, 4) is 17.3 Å². The molecule has 1 aliphatic rings. The van der Waals surface area contributed by atoms with Gasteiger partial charge in [0.05, 0.1) is 13.3 Å². The Kier molecular flexibility index (Phi) is 5.78. The number of sulfonamides is 1. The molecule has 10 heteroatoms. The maximum absolute atomic E-state index is 13.3. The van der Waals surface area contributed by atoms with Crippen LogP contribution in [-0.4, -0.2) is 53.0 Å². The highest BCUT2D eigenvalue weighted by molar-refractivity contribution is 7.89. The van der Waals surface area contributed by atoms with Crippen LogP contribution in [0.4, 0.5) is 0 Å². The van der Waals surface area contributed by atoms with Gasteiger partial charge in [-0.2, -0.15) is 9.29 Å². The van der Waals surface area contributed by atoms with Crippen LogP contribution < -0.4 is 4.74 Å². The van der Waals surface area contributed by atoms with Crippen molar-refractivity contribution in [1.29, 1.82) is 0 Å². The molecule has 3 heterocycles. The Bertz CT molecular complexity index is 1120. The lowest BCUT2D eigenvalue weighted by Crippen LogP contribution is -2.40. The van der Waals surface area contributed by atoms with E-state index in [9.17, 15) is 8.42 Å². The van der Waals surface area contributed by atoms with Crippen molar-refractivity contribution in [2.75, 3.05) is 20.2 Å². The molecule has 0 radical (unpaired) electrons. The first kappa shape index (κ1) is 20.4. The van der Waals surface area contributed by atoms with Crippen LogP contribution in [0.5, 0.6) is 5.75 Å². The van der Waals surface area contributed by atoms with Crippen LogP contribution in [0.25, 0.3) is 11.5 Å². The zero-order valence-electron chi connectivity index (χ0n) is 16.9. The van der Waals surface area contributed by atoms with Crippen molar-refractivity contribution < 1.29 is 17.7 Å². The minimum absolute atomic E-state index is 0.0829. The molecular formula is C20H23N5O4S. The van der Waals surface area contributed by atoms with Crippen molar-refractivity contribution in [3.05, 3.63) is 48.2 Å². The van der Waals surface area contributed by atoms with Gasteiger partial charge in [0.2, 0.25) is 21.7 Å². The predicted molar refractivity (Wildman–Crippen MR) is 108 cm³/mol.